The summed E-state index contributed by atoms with van der Waals surface area (Å²) in [5.74, 6) is 2.30. The molecule has 128 valence electrons. The third-order valence-electron chi connectivity index (χ3n) is 5.00. The summed E-state index contributed by atoms with van der Waals surface area (Å²) in [7, 11) is 0. The molecule has 23 heavy (non-hydrogen) atoms. The molecule has 0 spiro atoms. The minimum atomic E-state index is -0.163. The Kier molecular flexibility index (Phi) is 5.96. The fraction of sp³-hybridized carbons (Fsp3) is 0.667. The number of halogens is 1. The van der Waals surface area contributed by atoms with Crippen molar-refractivity contribution in [3.05, 3.63) is 35.6 Å². The molecule has 2 heterocycles. The summed E-state index contributed by atoms with van der Waals surface area (Å²) in [5.41, 5.74) is 1.47. The maximum absolute atomic E-state index is 13.0. The van der Waals surface area contributed by atoms with E-state index in [1.165, 1.54) is 23.5 Å². The summed E-state index contributed by atoms with van der Waals surface area (Å²) in [6.07, 6.45) is 2.19. The van der Waals surface area contributed by atoms with Crippen LogP contribution in [0.1, 0.15) is 18.9 Å². The van der Waals surface area contributed by atoms with Crippen LogP contribution in [0, 0.1) is 5.82 Å². The van der Waals surface area contributed by atoms with E-state index in [0.717, 1.165) is 39.3 Å². The molecule has 5 heteroatoms. The maximum atomic E-state index is 13.0. The number of hydrogen-bond donors (Lipinski definition) is 1. The molecule has 0 bridgehead atoms. The first-order valence-electron chi connectivity index (χ1n) is 8.56. The van der Waals surface area contributed by atoms with Gasteiger partial charge in [-0.2, -0.15) is 11.8 Å². The van der Waals surface area contributed by atoms with E-state index in [-0.39, 0.29) is 11.4 Å². The summed E-state index contributed by atoms with van der Waals surface area (Å²) in [6, 6.07) is 7.26. The van der Waals surface area contributed by atoms with E-state index in [4.69, 9.17) is 4.74 Å². The van der Waals surface area contributed by atoms with Crippen LogP contribution in [0.25, 0.3) is 0 Å². The van der Waals surface area contributed by atoms with Crippen LogP contribution < -0.4 is 5.32 Å². The molecule has 2 atom stereocenters. The molecule has 3 nitrogen and oxygen atoms in total. The quantitative estimate of drug-likeness (QED) is 0.862. The monoisotopic (exact) mass is 338 g/mol. The third-order valence-corrected chi connectivity index (χ3v) is 6.23. The van der Waals surface area contributed by atoms with Crippen LogP contribution in [-0.4, -0.2) is 60.8 Å². The molecular weight excluding hydrogens is 311 g/mol. The van der Waals surface area contributed by atoms with Crippen LogP contribution in [0.15, 0.2) is 24.3 Å². The van der Waals surface area contributed by atoms with Crippen molar-refractivity contribution in [3.8, 4) is 0 Å². The summed E-state index contributed by atoms with van der Waals surface area (Å²) in [6.45, 7) is 7.07. The van der Waals surface area contributed by atoms with Gasteiger partial charge in [-0.05, 0) is 43.2 Å². The number of morpholine rings is 1. The second-order valence-electron chi connectivity index (χ2n) is 6.74. The van der Waals surface area contributed by atoms with Gasteiger partial charge in [0.2, 0.25) is 0 Å². The highest BCUT2D eigenvalue weighted by molar-refractivity contribution is 7.99. The smallest absolute Gasteiger partial charge is 0.123 e. The molecule has 1 aromatic rings. The Balaban J connectivity index is 1.54. The lowest BCUT2D eigenvalue weighted by Crippen LogP contribution is -2.59. The fourth-order valence-corrected chi connectivity index (χ4v) is 5.02. The first-order valence-corrected chi connectivity index (χ1v) is 9.72. The van der Waals surface area contributed by atoms with Crippen molar-refractivity contribution in [1.29, 1.82) is 0 Å². The predicted molar refractivity (Wildman–Crippen MR) is 94.6 cm³/mol. The second-order valence-corrected chi connectivity index (χ2v) is 7.84. The van der Waals surface area contributed by atoms with Crippen molar-refractivity contribution >= 4 is 11.8 Å². The first kappa shape index (κ1) is 17.2. The van der Waals surface area contributed by atoms with E-state index >= 15 is 0 Å². The van der Waals surface area contributed by atoms with Gasteiger partial charge in [0, 0.05) is 37.0 Å². The second kappa shape index (κ2) is 7.97. The largest absolute Gasteiger partial charge is 0.379 e. The van der Waals surface area contributed by atoms with E-state index in [0.29, 0.717) is 6.04 Å². The number of ether oxygens (including phenoxy) is 1. The number of nitrogens with zero attached hydrogens (tertiary/aromatic N) is 1. The van der Waals surface area contributed by atoms with E-state index in [9.17, 15) is 4.39 Å². The van der Waals surface area contributed by atoms with Crippen LogP contribution in [0.3, 0.4) is 0 Å². The average Bonchev–Trinajstić information content (AvgIpc) is 3.06. The van der Waals surface area contributed by atoms with Crippen LogP contribution in [0.4, 0.5) is 4.39 Å². The van der Waals surface area contributed by atoms with Gasteiger partial charge in [0.25, 0.3) is 0 Å². The Labute approximate surface area is 143 Å². The van der Waals surface area contributed by atoms with Crippen molar-refractivity contribution in [2.24, 2.45) is 0 Å². The Morgan fingerprint density at radius 1 is 1.30 bits per heavy atom. The van der Waals surface area contributed by atoms with Gasteiger partial charge in [0.1, 0.15) is 5.82 Å². The zero-order valence-corrected chi connectivity index (χ0v) is 14.7. The Hall–Kier alpha value is -0.620. The third kappa shape index (κ3) is 4.47. The van der Waals surface area contributed by atoms with Crippen LogP contribution in [0.2, 0.25) is 0 Å². The summed E-state index contributed by atoms with van der Waals surface area (Å²) in [5, 5.41) is 3.74. The number of hydrogen-bond acceptors (Lipinski definition) is 4. The van der Waals surface area contributed by atoms with Crippen molar-refractivity contribution in [2.45, 2.75) is 31.3 Å². The van der Waals surface area contributed by atoms with E-state index < -0.39 is 0 Å². The Bertz CT molecular complexity index is 484. The number of benzene rings is 1. The molecule has 0 amide bonds. The highest BCUT2D eigenvalue weighted by Crippen LogP contribution is 2.33. The zero-order valence-electron chi connectivity index (χ0n) is 13.9. The van der Waals surface area contributed by atoms with Crippen molar-refractivity contribution < 1.29 is 9.13 Å². The van der Waals surface area contributed by atoms with Gasteiger partial charge in [-0.25, -0.2) is 4.39 Å². The van der Waals surface area contributed by atoms with Gasteiger partial charge in [-0.1, -0.05) is 12.1 Å². The van der Waals surface area contributed by atoms with Crippen molar-refractivity contribution in [3.63, 3.8) is 0 Å². The Morgan fingerprint density at radius 3 is 2.70 bits per heavy atom. The fourth-order valence-electron chi connectivity index (χ4n) is 3.55. The first-order chi connectivity index (χ1) is 11.2. The highest BCUT2D eigenvalue weighted by Gasteiger charge is 2.40. The molecule has 0 aromatic heterocycles. The number of thioether (sulfide) groups is 1. The normalized spacial score (nSPS) is 27.2. The van der Waals surface area contributed by atoms with Crippen molar-refractivity contribution in [2.75, 3.05) is 44.4 Å². The minimum absolute atomic E-state index is 0.163. The highest BCUT2D eigenvalue weighted by atomic mass is 32.2. The topological polar surface area (TPSA) is 24.5 Å². The Morgan fingerprint density at radius 2 is 2.04 bits per heavy atom. The van der Waals surface area contributed by atoms with E-state index in [2.05, 4.69) is 28.9 Å². The van der Waals surface area contributed by atoms with Gasteiger partial charge in [-0.3, -0.25) is 4.90 Å². The summed E-state index contributed by atoms with van der Waals surface area (Å²) >= 11 is 2.07. The number of rotatable bonds is 6. The molecule has 2 unspecified atom stereocenters. The van der Waals surface area contributed by atoms with Crippen LogP contribution in [-0.2, 0) is 11.2 Å². The summed E-state index contributed by atoms with van der Waals surface area (Å²) < 4.78 is 18.5. The standard InChI is InChI=1S/C18H27FN2OS/c1-15(12-16-2-4-17(19)5-3-16)20-13-18(6-11-23-14-18)21-7-9-22-10-8-21/h2-5,15,20H,6-14H2,1H3. The molecule has 0 radical (unpaired) electrons. The van der Waals surface area contributed by atoms with Gasteiger partial charge >= 0.3 is 0 Å². The molecular formula is C18H27FN2OS. The lowest BCUT2D eigenvalue weighted by molar-refractivity contribution is -0.0139. The van der Waals surface area contributed by atoms with Crippen LogP contribution in [0.5, 0.6) is 0 Å². The lowest BCUT2D eigenvalue weighted by Gasteiger charge is -2.43. The zero-order chi connectivity index (χ0) is 16.1. The van der Waals surface area contributed by atoms with Crippen LogP contribution >= 0.6 is 11.8 Å². The molecule has 0 aliphatic carbocycles. The van der Waals surface area contributed by atoms with E-state index in [1.807, 2.05) is 12.1 Å². The maximum Gasteiger partial charge on any atom is 0.123 e. The number of nitrogens with one attached hydrogen (secondary N) is 1. The van der Waals surface area contributed by atoms with Gasteiger partial charge in [0.15, 0.2) is 0 Å². The average molecular weight is 338 g/mol. The molecule has 3 rings (SSSR count). The molecule has 2 aliphatic heterocycles. The molecule has 2 saturated heterocycles. The minimum Gasteiger partial charge on any atom is -0.379 e. The molecule has 1 N–H and O–H groups in total. The molecule has 0 saturated carbocycles. The lowest BCUT2D eigenvalue weighted by atomic mass is 9.94. The molecule has 2 aliphatic rings. The SMILES string of the molecule is CC(Cc1ccc(F)cc1)NCC1(N2CCOCC2)CCSC1. The van der Waals surface area contributed by atoms with Gasteiger partial charge in [-0.15, -0.1) is 0 Å². The van der Waals surface area contributed by atoms with E-state index in [1.54, 1.807) is 12.1 Å². The van der Waals surface area contributed by atoms with Crippen molar-refractivity contribution in [1.82, 2.24) is 10.2 Å². The predicted octanol–water partition coefficient (Wildman–Crippen LogP) is 2.55. The van der Waals surface area contributed by atoms with Gasteiger partial charge in [0.05, 0.1) is 13.2 Å². The van der Waals surface area contributed by atoms with Gasteiger partial charge < -0.3 is 10.1 Å². The summed E-state index contributed by atoms with van der Waals surface area (Å²) in [4.78, 5) is 2.63. The molecule has 1 aromatic carbocycles. The molecule has 2 fully saturated rings.